The summed E-state index contributed by atoms with van der Waals surface area (Å²) in [7, 11) is 1.36. The Hall–Kier alpha value is -1.49. The van der Waals surface area contributed by atoms with Crippen molar-refractivity contribution in [2.75, 3.05) is 25.1 Å². The molecule has 1 unspecified atom stereocenters. The van der Waals surface area contributed by atoms with Crippen molar-refractivity contribution in [2.45, 2.75) is 12.5 Å². The van der Waals surface area contributed by atoms with Crippen molar-refractivity contribution >= 4 is 23.5 Å². The number of halogens is 1. The number of amides is 1. The molecular formula is C11H14ClN3O2. The van der Waals surface area contributed by atoms with E-state index in [9.17, 15) is 4.79 Å². The van der Waals surface area contributed by atoms with E-state index in [2.05, 4.69) is 19.9 Å². The Labute approximate surface area is 105 Å². The maximum Gasteiger partial charge on any atom is 0.407 e. The molecule has 0 aromatic carbocycles. The number of methoxy groups -OCH3 is 1. The number of carbonyl (C=O) groups excluding carboxylic acids is 1. The van der Waals surface area contributed by atoms with Crippen LogP contribution in [0.1, 0.15) is 6.42 Å². The van der Waals surface area contributed by atoms with Gasteiger partial charge in [0.2, 0.25) is 0 Å². The van der Waals surface area contributed by atoms with Crippen molar-refractivity contribution in [3.8, 4) is 0 Å². The van der Waals surface area contributed by atoms with Crippen molar-refractivity contribution in [3.05, 3.63) is 23.4 Å². The van der Waals surface area contributed by atoms with Gasteiger partial charge < -0.3 is 15.0 Å². The lowest BCUT2D eigenvalue weighted by Gasteiger charge is -2.17. The molecule has 5 nitrogen and oxygen atoms in total. The molecule has 2 rings (SSSR count). The molecule has 1 atom stereocenters. The van der Waals surface area contributed by atoms with Gasteiger partial charge in [-0.05, 0) is 18.6 Å². The van der Waals surface area contributed by atoms with Crippen LogP contribution in [0.3, 0.4) is 0 Å². The minimum absolute atomic E-state index is 0.100. The molecule has 1 fully saturated rings. The van der Waals surface area contributed by atoms with Gasteiger partial charge in [0.1, 0.15) is 11.0 Å². The zero-order valence-corrected chi connectivity index (χ0v) is 10.3. The van der Waals surface area contributed by atoms with E-state index < -0.39 is 6.09 Å². The second-order valence-electron chi connectivity index (χ2n) is 3.89. The second kappa shape index (κ2) is 5.23. The summed E-state index contributed by atoms with van der Waals surface area (Å²) in [5.74, 6) is 0.840. The Morgan fingerprint density at radius 2 is 2.47 bits per heavy atom. The number of hydrogen-bond acceptors (Lipinski definition) is 4. The third-order valence-electron chi connectivity index (χ3n) is 2.72. The minimum Gasteiger partial charge on any atom is -0.453 e. The number of aromatic nitrogens is 1. The molecule has 0 radical (unpaired) electrons. The van der Waals surface area contributed by atoms with E-state index >= 15 is 0 Å². The van der Waals surface area contributed by atoms with Crippen LogP contribution >= 0.6 is 11.6 Å². The maximum atomic E-state index is 11.1. The molecule has 6 heteroatoms. The van der Waals surface area contributed by atoms with E-state index in [1.54, 1.807) is 6.07 Å². The number of ether oxygens (including phenoxy) is 1. The van der Waals surface area contributed by atoms with Crippen LogP contribution in [0.25, 0.3) is 0 Å². The molecule has 1 saturated heterocycles. The van der Waals surface area contributed by atoms with Gasteiger partial charge in [0.25, 0.3) is 0 Å². The normalized spacial score (nSPS) is 19.2. The van der Waals surface area contributed by atoms with Crippen molar-refractivity contribution < 1.29 is 9.53 Å². The highest BCUT2D eigenvalue weighted by Crippen LogP contribution is 2.19. The number of rotatable bonds is 2. The third kappa shape index (κ3) is 3.00. The summed E-state index contributed by atoms with van der Waals surface area (Å²) in [4.78, 5) is 17.4. The molecule has 1 amide bonds. The van der Waals surface area contributed by atoms with E-state index in [4.69, 9.17) is 11.6 Å². The van der Waals surface area contributed by atoms with Crippen LogP contribution in [0.15, 0.2) is 18.2 Å². The fraction of sp³-hybridized carbons (Fsp3) is 0.455. The smallest absolute Gasteiger partial charge is 0.407 e. The maximum absolute atomic E-state index is 11.1. The van der Waals surface area contributed by atoms with E-state index in [0.717, 1.165) is 25.3 Å². The van der Waals surface area contributed by atoms with E-state index in [-0.39, 0.29) is 6.04 Å². The fourth-order valence-electron chi connectivity index (χ4n) is 1.89. The van der Waals surface area contributed by atoms with Crippen LogP contribution < -0.4 is 10.2 Å². The zero-order chi connectivity index (χ0) is 12.3. The van der Waals surface area contributed by atoms with Crippen LogP contribution in [0, 0.1) is 0 Å². The molecule has 1 aromatic rings. The average molecular weight is 256 g/mol. The van der Waals surface area contributed by atoms with E-state index in [1.165, 1.54) is 7.11 Å². The number of pyridine rings is 1. The summed E-state index contributed by atoms with van der Waals surface area (Å²) >= 11 is 5.84. The predicted molar refractivity (Wildman–Crippen MR) is 65.4 cm³/mol. The Morgan fingerprint density at radius 3 is 3.18 bits per heavy atom. The molecule has 92 valence electrons. The van der Waals surface area contributed by atoms with Crippen molar-refractivity contribution in [1.82, 2.24) is 10.3 Å². The summed E-state index contributed by atoms with van der Waals surface area (Å²) in [5.41, 5.74) is 0. The number of nitrogens with one attached hydrogen (secondary N) is 1. The highest BCUT2D eigenvalue weighted by molar-refractivity contribution is 6.29. The first-order chi connectivity index (χ1) is 8.19. The highest BCUT2D eigenvalue weighted by atomic mass is 35.5. The number of anilines is 1. The number of nitrogens with zero attached hydrogens (tertiary/aromatic N) is 2. The fourth-order valence-corrected chi connectivity index (χ4v) is 2.04. The van der Waals surface area contributed by atoms with Gasteiger partial charge in [-0.3, -0.25) is 0 Å². The molecule has 1 aromatic heterocycles. The van der Waals surface area contributed by atoms with Crippen molar-refractivity contribution in [3.63, 3.8) is 0 Å². The molecule has 0 saturated carbocycles. The molecule has 1 N–H and O–H groups in total. The van der Waals surface area contributed by atoms with Gasteiger partial charge in [-0.1, -0.05) is 17.7 Å². The Balaban J connectivity index is 1.96. The van der Waals surface area contributed by atoms with Gasteiger partial charge >= 0.3 is 6.09 Å². The quantitative estimate of drug-likeness (QED) is 0.817. The highest BCUT2D eigenvalue weighted by Gasteiger charge is 2.24. The SMILES string of the molecule is COC(=O)NC1CCN(c2cccc(Cl)n2)C1. The van der Waals surface area contributed by atoms with Crippen LogP contribution in [-0.4, -0.2) is 37.3 Å². The van der Waals surface area contributed by atoms with Crippen LogP contribution in [-0.2, 0) is 4.74 Å². The lowest BCUT2D eigenvalue weighted by Crippen LogP contribution is -2.37. The Kier molecular flexibility index (Phi) is 3.68. The second-order valence-corrected chi connectivity index (χ2v) is 4.27. The first kappa shape index (κ1) is 12.0. The minimum atomic E-state index is -0.393. The molecule has 1 aliphatic heterocycles. The molecule has 17 heavy (non-hydrogen) atoms. The molecule has 0 bridgehead atoms. The van der Waals surface area contributed by atoms with Gasteiger partial charge in [-0.2, -0.15) is 0 Å². The third-order valence-corrected chi connectivity index (χ3v) is 2.93. The number of hydrogen-bond donors (Lipinski definition) is 1. The summed E-state index contributed by atoms with van der Waals surface area (Å²) in [6.07, 6.45) is 0.486. The van der Waals surface area contributed by atoms with E-state index in [1.807, 2.05) is 12.1 Å². The summed E-state index contributed by atoms with van der Waals surface area (Å²) in [6.45, 7) is 1.57. The lowest BCUT2D eigenvalue weighted by molar-refractivity contribution is 0.167. The largest absolute Gasteiger partial charge is 0.453 e. The van der Waals surface area contributed by atoms with Crippen LogP contribution in [0.5, 0.6) is 0 Å². The molecule has 1 aliphatic rings. The monoisotopic (exact) mass is 255 g/mol. The Morgan fingerprint density at radius 1 is 1.65 bits per heavy atom. The van der Waals surface area contributed by atoms with E-state index in [0.29, 0.717) is 5.15 Å². The predicted octanol–water partition coefficient (Wildman–Crippen LogP) is 1.67. The standard InChI is InChI=1S/C11H14ClN3O2/c1-17-11(16)13-8-5-6-15(7-8)10-4-2-3-9(12)14-10/h2-4,8H,5-7H2,1H3,(H,13,16). The summed E-state index contributed by atoms with van der Waals surface area (Å²) in [6, 6.07) is 5.62. The summed E-state index contributed by atoms with van der Waals surface area (Å²) < 4.78 is 4.57. The van der Waals surface area contributed by atoms with Gasteiger partial charge in [0.05, 0.1) is 13.2 Å². The number of alkyl carbamates (subject to hydrolysis) is 1. The molecule has 0 aliphatic carbocycles. The Bertz CT molecular complexity index is 413. The van der Waals surface area contributed by atoms with Crippen LogP contribution in [0.2, 0.25) is 5.15 Å². The van der Waals surface area contributed by atoms with Gasteiger partial charge in [-0.25, -0.2) is 9.78 Å². The van der Waals surface area contributed by atoms with Gasteiger partial charge in [-0.15, -0.1) is 0 Å². The van der Waals surface area contributed by atoms with Crippen molar-refractivity contribution in [1.29, 1.82) is 0 Å². The van der Waals surface area contributed by atoms with Crippen molar-refractivity contribution in [2.24, 2.45) is 0 Å². The first-order valence-corrected chi connectivity index (χ1v) is 5.79. The lowest BCUT2D eigenvalue weighted by atomic mass is 10.3. The van der Waals surface area contributed by atoms with Gasteiger partial charge in [0, 0.05) is 13.1 Å². The molecule has 0 spiro atoms. The first-order valence-electron chi connectivity index (χ1n) is 5.41. The zero-order valence-electron chi connectivity index (χ0n) is 9.52. The summed E-state index contributed by atoms with van der Waals surface area (Å²) in [5, 5.41) is 3.26. The molecular weight excluding hydrogens is 242 g/mol. The average Bonchev–Trinajstić information content (AvgIpc) is 2.77. The van der Waals surface area contributed by atoms with Crippen LogP contribution in [0.4, 0.5) is 10.6 Å². The topological polar surface area (TPSA) is 54.5 Å². The molecule has 2 heterocycles. The van der Waals surface area contributed by atoms with Gasteiger partial charge in [0.15, 0.2) is 0 Å². The number of carbonyl (C=O) groups is 1.